The first-order valence-corrected chi connectivity index (χ1v) is 8.67. The van der Waals surface area contributed by atoms with E-state index in [0.29, 0.717) is 18.7 Å². The van der Waals surface area contributed by atoms with Crippen molar-refractivity contribution in [2.45, 2.75) is 58.1 Å². The van der Waals surface area contributed by atoms with Crippen molar-refractivity contribution < 1.29 is 12.8 Å². The lowest BCUT2D eigenvalue weighted by molar-refractivity contribution is 0.369. The third kappa shape index (κ3) is 4.49. The van der Waals surface area contributed by atoms with Crippen LogP contribution in [-0.2, 0) is 16.6 Å². The second kappa shape index (κ2) is 7.33. The lowest BCUT2D eigenvalue weighted by Gasteiger charge is -2.24. The molecule has 0 unspecified atom stereocenters. The number of hydrogen-bond donors (Lipinski definition) is 1. The Bertz CT molecular complexity index is 571. The van der Waals surface area contributed by atoms with E-state index in [-0.39, 0.29) is 17.0 Å². The van der Waals surface area contributed by atoms with Gasteiger partial charge in [-0.05, 0) is 32.0 Å². The van der Waals surface area contributed by atoms with Crippen molar-refractivity contribution >= 4 is 10.0 Å². The smallest absolute Gasteiger partial charge is 0.243 e. The fourth-order valence-electron chi connectivity index (χ4n) is 2.11. The number of rotatable bonds is 7. The van der Waals surface area contributed by atoms with Crippen LogP contribution in [0.3, 0.4) is 0 Å². The van der Waals surface area contributed by atoms with Gasteiger partial charge in [0.25, 0.3) is 0 Å². The molecule has 0 spiro atoms. The molecule has 0 amide bonds. The van der Waals surface area contributed by atoms with Gasteiger partial charge in [0.1, 0.15) is 5.82 Å². The first-order chi connectivity index (χ1) is 9.70. The van der Waals surface area contributed by atoms with Gasteiger partial charge in [-0.1, -0.05) is 20.8 Å². The summed E-state index contributed by atoms with van der Waals surface area (Å²) in [4.78, 5) is 0.139. The molecule has 1 N–H and O–H groups in total. The normalized spacial score (nSPS) is 12.6. The Balaban J connectivity index is 3.16. The van der Waals surface area contributed by atoms with E-state index in [1.54, 1.807) is 6.92 Å². The zero-order valence-electron chi connectivity index (χ0n) is 13.4. The molecule has 120 valence electrons. The van der Waals surface area contributed by atoms with Gasteiger partial charge in [-0.15, -0.1) is 0 Å². The predicted octanol–water partition coefficient (Wildman–Crippen LogP) is 2.74. The highest BCUT2D eigenvalue weighted by molar-refractivity contribution is 7.89. The van der Waals surface area contributed by atoms with Crippen LogP contribution in [0.25, 0.3) is 0 Å². The van der Waals surface area contributed by atoms with E-state index in [0.717, 1.165) is 0 Å². The largest absolute Gasteiger partial charge is 0.310 e. The highest BCUT2D eigenvalue weighted by Gasteiger charge is 2.26. The molecule has 0 saturated heterocycles. The standard InChI is InChI=1S/C15H25FN2O2S/c1-6-18(12(4)5)21(19,20)14-7-8-15(16)13(9-14)10-17-11(2)3/h7-9,11-12,17H,6,10H2,1-5H3. The second-order valence-corrected chi connectivity index (χ2v) is 7.48. The van der Waals surface area contributed by atoms with E-state index in [4.69, 9.17) is 0 Å². The Morgan fingerprint density at radius 2 is 1.86 bits per heavy atom. The Morgan fingerprint density at radius 3 is 2.33 bits per heavy atom. The quantitative estimate of drug-likeness (QED) is 0.841. The van der Waals surface area contributed by atoms with Crippen LogP contribution in [0.4, 0.5) is 4.39 Å². The number of benzene rings is 1. The van der Waals surface area contributed by atoms with E-state index < -0.39 is 15.8 Å². The molecule has 0 saturated carbocycles. The van der Waals surface area contributed by atoms with Crippen molar-refractivity contribution in [2.24, 2.45) is 0 Å². The first-order valence-electron chi connectivity index (χ1n) is 7.23. The molecule has 1 aromatic rings. The molecule has 0 fully saturated rings. The molecular weight excluding hydrogens is 291 g/mol. The van der Waals surface area contributed by atoms with Gasteiger partial charge in [0.05, 0.1) is 4.90 Å². The summed E-state index contributed by atoms with van der Waals surface area (Å²) in [6, 6.07) is 4.03. The van der Waals surface area contributed by atoms with Crippen LogP contribution in [-0.4, -0.2) is 31.4 Å². The average molecular weight is 316 g/mol. The van der Waals surface area contributed by atoms with Gasteiger partial charge in [-0.2, -0.15) is 4.31 Å². The zero-order chi connectivity index (χ0) is 16.2. The summed E-state index contributed by atoms with van der Waals surface area (Å²) >= 11 is 0. The van der Waals surface area contributed by atoms with Crippen molar-refractivity contribution in [1.29, 1.82) is 0 Å². The highest BCUT2D eigenvalue weighted by atomic mass is 32.2. The van der Waals surface area contributed by atoms with Gasteiger partial charge >= 0.3 is 0 Å². The minimum Gasteiger partial charge on any atom is -0.310 e. The summed E-state index contributed by atoms with van der Waals surface area (Å²) in [5.41, 5.74) is 0.365. The minimum atomic E-state index is -3.59. The predicted molar refractivity (Wildman–Crippen MR) is 83.1 cm³/mol. The number of nitrogens with zero attached hydrogens (tertiary/aromatic N) is 1. The third-order valence-electron chi connectivity index (χ3n) is 3.21. The van der Waals surface area contributed by atoms with Crippen LogP contribution < -0.4 is 5.32 Å². The molecule has 0 aliphatic rings. The second-order valence-electron chi connectivity index (χ2n) is 5.59. The summed E-state index contributed by atoms with van der Waals surface area (Å²) in [5.74, 6) is -0.394. The fourth-order valence-corrected chi connectivity index (χ4v) is 3.81. The molecule has 0 aliphatic carbocycles. The molecule has 0 radical (unpaired) electrons. The summed E-state index contributed by atoms with van der Waals surface area (Å²) in [7, 11) is -3.59. The molecule has 6 heteroatoms. The number of hydrogen-bond acceptors (Lipinski definition) is 3. The van der Waals surface area contributed by atoms with Crippen LogP contribution in [0.2, 0.25) is 0 Å². The molecule has 21 heavy (non-hydrogen) atoms. The van der Waals surface area contributed by atoms with Crippen molar-refractivity contribution in [3.05, 3.63) is 29.6 Å². The molecule has 0 aliphatic heterocycles. The third-order valence-corrected chi connectivity index (χ3v) is 5.36. The first kappa shape index (κ1) is 18.1. The molecule has 1 aromatic carbocycles. The van der Waals surface area contributed by atoms with Crippen molar-refractivity contribution in [2.75, 3.05) is 6.54 Å². The van der Waals surface area contributed by atoms with E-state index in [2.05, 4.69) is 5.32 Å². The molecule has 4 nitrogen and oxygen atoms in total. The highest BCUT2D eigenvalue weighted by Crippen LogP contribution is 2.21. The maximum atomic E-state index is 13.8. The zero-order valence-corrected chi connectivity index (χ0v) is 14.2. The van der Waals surface area contributed by atoms with Crippen LogP contribution in [0, 0.1) is 5.82 Å². The molecule has 0 atom stereocenters. The van der Waals surface area contributed by atoms with E-state index in [9.17, 15) is 12.8 Å². The number of halogens is 1. The van der Waals surface area contributed by atoms with Crippen LogP contribution >= 0.6 is 0 Å². The monoisotopic (exact) mass is 316 g/mol. The number of nitrogens with one attached hydrogen (secondary N) is 1. The molecule has 0 heterocycles. The van der Waals surface area contributed by atoms with E-state index in [1.165, 1.54) is 22.5 Å². The lowest BCUT2D eigenvalue weighted by atomic mass is 10.2. The van der Waals surface area contributed by atoms with E-state index in [1.807, 2.05) is 27.7 Å². The van der Waals surface area contributed by atoms with Crippen molar-refractivity contribution in [1.82, 2.24) is 9.62 Å². The summed E-state index contributed by atoms with van der Waals surface area (Å²) in [6.07, 6.45) is 0. The van der Waals surface area contributed by atoms with Crippen molar-refractivity contribution in [3.8, 4) is 0 Å². The maximum absolute atomic E-state index is 13.8. The Hall–Kier alpha value is -0.980. The fraction of sp³-hybridized carbons (Fsp3) is 0.600. The van der Waals surface area contributed by atoms with Gasteiger partial charge in [0.2, 0.25) is 10.0 Å². The summed E-state index contributed by atoms with van der Waals surface area (Å²) in [5, 5.41) is 3.10. The van der Waals surface area contributed by atoms with Gasteiger partial charge < -0.3 is 5.32 Å². The van der Waals surface area contributed by atoms with Crippen LogP contribution in [0.1, 0.15) is 40.2 Å². The van der Waals surface area contributed by atoms with Crippen molar-refractivity contribution in [3.63, 3.8) is 0 Å². The Labute approximate surface area is 127 Å². The van der Waals surface area contributed by atoms with Gasteiger partial charge in [-0.25, -0.2) is 12.8 Å². The maximum Gasteiger partial charge on any atom is 0.243 e. The summed E-state index contributed by atoms with van der Waals surface area (Å²) in [6.45, 7) is 10.0. The lowest BCUT2D eigenvalue weighted by Crippen LogP contribution is -2.36. The van der Waals surface area contributed by atoms with Crippen LogP contribution in [0.15, 0.2) is 23.1 Å². The Kier molecular flexibility index (Phi) is 6.31. The molecular formula is C15H25FN2O2S. The minimum absolute atomic E-state index is 0.137. The van der Waals surface area contributed by atoms with Gasteiger partial charge in [0, 0.05) is 30.7 Å². The van der Waals surface area contributed by atoms with Gasteiger partial charge in [0.15, 0.2) is 0 Å². The average Bonchev–Trinajstić information content (AvgIpc) is 2.37. The molecule has 0 bridgehead atoms. The number of sulfonamides is 1. The Morgan fingerprint density at radius 1 is 1.24 bits per heavy atom. The molecule has 1 rings (SSSR count). The summed E-state index contributed by atoms with van der Waals surface area (Å²) < 4.78 is 40.4. The van der Waals surface area contributed by atoms with Crippen LogP contribution in [0.5, 0.6) is 0 Å². The molecule has 0 aromatic heterocycles. The topological polar surface area (TPSA) is 49.4 Å². The van der Waals surface area contributed by atoms with Gasteiger partial charge in [-0.3, -0.25) is 0 Å². The SMILES string of the molecule is CCN(C(C)C)S(=O)(=O)c1ccc(F)c(CNC(C)C)c1. The van der Waals surface area contributed by atoms with E-state index >= 15 is 0 Å².